The van der Waals surface area contributed by atoms with Gasteiger partial charge in [0.15, 0.2) is 0 Å². The van der Waals surface area contributed by atoms with Crippen molar-refractivity contribution in [3.8, 4) is 0 Å². The van der Waals surface area contributed by atoms with Gasteiger partial charge >= 0.3 is 0 Å². The van der Waals surface area contributed by atoms with Gasteiger partial charge in [0.25, 0.3) is 0 Å². The van der Waals surface area contributed by atoms with Crippen molar-refractivity contribution < 1.29 is 22.3 Å². The molecule has 23 heavy (non-hydrogen) atoms. The van der Waals surface area contributed by atoms with E-state index in [1.807, 2.05) is 0 Å². The zero-order chi connectivity index (χ0) is 17.3. The van der Waals surface area contributed by atoms with E-state index in [1.54, 1.807) is 0 Å². The Hall–Kier alpha value is -1.83. The van der Waals surface area contributed by atoms with E-state index in [-0.39, 0.29) is 11.4 Å². The van der Waals surface area contributed by atoms with Gasteiger partial charge in [-0.05, 0) is 49.2 Å². The van der Waals surface area contributed by atoms with Crippen LogP contribution in [0.4, 0.5) is 8.78 Å². The van der Waals surface area contributed by atoms with E-state index in [4.69, 9.17) is 0 Å². The van der Waals surface area contributed by atoms with Crippen LogP contribution in [0.5, 0.6) is 0 Å². The topological polar surface area (TPSA) is 66.4 Å². The molecule has 0 bridgehead atoms. The van der Waals surface area contributed by atoms with E-state index in [2.05, 4.69) is 4.72 Å². The Labute approximate surface area is 133 Å². The van der Waals surface area contributed by atoms with Gasteiger partial charge in [-0.1, -0.05) is 18.2 Å². The molecule has 2 aromatic carbocycles. The molecule has 0 amide bonds. The van der Waals surface area contributed by atoms with Crippen LogP contribution in [-0.4, -0.2) is 20.1 Å². The number of nitrogens with one attached hydrogen (secondary N) is 1. The highest BCUT2D eigenvalue weighted by atomic mass is 32.2. The molecule has 0 fully saturated rings. The summed E-state index contributed by atoms with van der Waals surface area (Å²) in [7, 11) is -3.97. The second-order valence-electron chi connectivity index (χ2n) is 5.52. The number of rotatable bonds is 5. The Morgan fingerprint density at radius 2 is 1.74 bits per heavy atom. The standard InChI is InChI=1S/C16H17F2NO3S/c1-11-3-8-14(9-15(11)18)23(21,22)19-10-16(2,20)12-4-6-13(17)7-5-12/h3-9,19-20H,10H2,1-2H3. The Morgan fingerprint density at radius 1 is 1.13 bits per heavy atom. The summed E-state index contributed by atoms with van der Waals surface area (Å²) in [5.74, 6) is -1.08. The number of aliphatic hydroxyl groups is 1. The summed E-state index contributed by atoms with van der Waals surface area (Å²) in [5.41, 5.74) is -0.844. The lowest BCUT2D eigenvalue weighted by atomic mass is 9.96. The van der Waals surface area contributed by atoms with Gasteiger partial charge < -0.3 is 5.11 Å². The molecule has 124 valence electrons. The lowest BCUT2D eigenvalue weighted by molar-refractivity contribution is 0.0627. The molecule has 0 aliphatic rings. The molecule has 7 heteroatoms. The van der Waals surface area contributed by atoms with Gasteiger partial charge in [-0.2, -0.15) is 0 Å². The second-order valence-corrected chi connectivity index (χ2v) is 7.28. The largest absolute Gasteiger partial charge is 0.384 e. The van der Waals surface area contributed by atoms with E-state index < -0.39 is 27.3 Å². The zero-order valence-electron chi connectivity index (χ0n) is 12.7. The summed E-state index contributed by atoms with van der Waals surface area (Å²) >= 11 is 0. The maximum absolute atomic E-state index is 13.5. The number of sulfonamides is 1. The maximum atomic E-state index is 13.5. The number of benzene rings is 2. The van der Waals surface area contributed by atoms with Crippen LogP contribution in [0, 0.1) is 18.6 Å². The van der Waals surface area contributed by atoms with Gasteiger partial charge in [0.2, 0.25) is 10.0 Å². The quantitative estimate of drug-likeness (QED) is 0.878. The molecular weight excluding hydrogens is 324 g/mol. The summed E-state index contributed by atoms with van der Waals surface area (Å²) in [6.07, 6.45) is 0. The van der Waals surface area contributed by atoms with Crippen molar-refractivity contribution in [2.45, 2.75) is 24.3 Å². The minimum absolute atomic E-state index is 0.226. The number of hydrogen-bond donors (Lipinski definition) is 2. The van der Waals surface area contributed by atoms with Gasteiger partial charge in [0.1, 0.15) is 17.2 Å². The molecule has 2 N–H and O–H groups in total. The van der Waals surface area contributed by atoms with Gasteiger partial charge in [-0.3, -0.25) is 0 Å². The molecular formula is C16H17F2NO3S. The minimum Gasteiger partial charge on any atom is -0.384 e. The highest BCUT2D eigenvalue weighted by Crippen LogP contribution is 2.21. The highest BCUT2D eigenvalue weighted by Gasteiger charge is 2.26. The molecule has 0 spiro atoms. The van der Waals surface area contributed by atoms with Gasteiger partial charge in [0, 0.05) is 6.54 Å². The van der Waals surface area contributed by atoms with E-state index in [0.717, 1.165) is 6.07 Å². The van der Waals surface area contributed by atoms with Crippen LogP contribution < -0.4 is 4.72 Å². The number of hydrogen-bond acceptors (Lipinski definition) is 3. The molecule has 2 rings (SSSR count). The summed E-state index contributed by atoms with van der Waals surface area (Å²) < 4.78 is 53.0. The third-order valence-electron chi connectivity index (χ3n) is 3.53. The summed E-state index contributed by atoms with van der Waals surface area (Å²) in [6.45, 7) is 2.59. The first-order chi connectivity index (χ1) is 10.6. The van der Waals surface area contributed by atoms with Crippen molar-refractivity contribution in [2.24, 2.45) is 0 Å². The summed E-state index contributed by atoms with van der Waals surface area (Å²) in [4.78, 5) is -0.226. The van der Waals surface area contributed by atoms with E-state index in [9.17, 15) is 22.3 Å². The fourth-order valence-corrected chi connectivity index (χ4v) is 3.11. The van der Waals surface area contributed by atoms with Crippen molar-refractivity contribution in [3.63, 3.8) is 0 Å². The van der Waals surface area contributed by atoms with Crippen LogP contribution in [0.2, 0.25) is 0 Å². The van der Waals surface area contributed by atoms with Gasteiger partial charge in [-0.15, -0.1) is 0 Å². The molecule has 4 nitrogen and oxygen atoms in total. The van der Waals surface area contributed by atoms with Crippen molar-refractivity contribution >= 4 is 10.0 Å². The maximum Gasteiger partial charge on any atom is 0.240 e. The molecule has 1 atom stereocenters. The first-order valence-corrected chi connectivity index (χ1v) is 8.34. The predicted octanol–water partition coefficient (Wildman–Crippen LogP) is 2.46. The van der Waals surface area contributed by atoms with Crippen molar-refractivity contribution in [1.82, 2.24) is 4.72 Å². The van der Waals surface area contributed by atoms with Crippen LogP contribution in [0.1, 0.15) is 18.1 Å². The van der Waals surface area contributed by atoms with E-state index >= 15 is 0 Å². The van der Waals surface area contributed by atoms with Crippen molar-refractivity contribution in [1.29, 1.82) is 0 Å². The predicted molar refractivity (Wildman–Crippen MR) is 82.3 cm³/mol. The van der Waals surface area contributed by atoms with E-state index in [1.165, 1.54) is 50.2 Å². The Balaban J connectivity index is 2.17. The van der Waals surface area contributed by atoms with Crippen molar-refractivity contribution in [2.75, 3.05) is 6.54 Å². The SMILES string of the molecule is Cc1ccc(S(=O)(=O)NCC(C)(O)c2ccc(F)cc2)cc1F. The summed E-state index contributed by atoms with van der Waals surface area (Å²) in [5, 5.41) is 10.4. The molecule has 0 saturated heterocycles. The fourth-order valence-electron chi connectivity index (χ4n) is 1.97. The average molecular weight is 341 g/mol. The van der Waals surface area contributed by atoms with Gasteiger partial charge in [-0.25, -0.2) is 21.9 Å². The highest BCUT2D eigenvalue weighted by molar-refractivity contribution is 7.89. The monoisotopic (exact) mass is 341 g/mol. The lowest BCUT2D eigenvalue weighted by Gasteiger charge is -2.24. The molecule has 0 aromatic heterocycles. The van der Waals surface area contributed by atoms with Gasteiger partial charge in [0.05, 0.1) is 4.90 Å². The zero-order valence-corrected chi connectivity index (χ0v) is 13.5. The molecule has 0 saturated carbocycles. The van der Waals surface area contributed by atoms with E-state index in [0.29, 0.717) is 11.1 Å². The Morgan fingerprint density at radius 3 is 2.30 bits per heavy atom. The summed E-state index contributed by atoms with van der Waals surface area (Å²) in [6, 6.07) is 8.66. The first-order valence-electron chi connectivity index (χ1n) is 6.86. The molecule has 2 aromatic rings. The Kier molecular flexibility index (Phi) is 4.84. The smallest absolute Gasteiger partial charge is 0.240 e. The fraction of sp³-hybridized carbons (Fsp3) is 0.250. The second kappa shape index (κ2) is 6.35. The molecule has 0 radical (unpaired) electrons. The van der Waals surface area contributed by atoms with Crippen LogP contribution in [0.3, 0.4) is 0 Å². The Bertz CT molecular complexity index is 803. The van der Waals surface area contributed by atoms with Crippen LogP contribution in [-0.2, 0) is 15.6 Å². The molecule has 0 aliphatic carbocycles. The number of aryl methyl sites for hydroxylation is 1. The normalized spacial score (nSPS) is 14.5. The molecule has 1 unspecified atom stereocenters. The minimum atomic E-state index is -3.97. The third-order valence-corrected chi connectivity index (χ3v) is 4.93. The molecule has 0 aliphatic heterocycles. The molecule has 0 heterocycles. The average Bonchev–Trinajstić information content (AvgIpc) is 2.48. The van der Waals surface area contributed by atoms with Crippen LogP contribution in [0.25, 0.3) is 0 Å². The lowest BCUT2D eigenvalue weighted by Crippen LogP contribution is -2.38. The van der Waals surface area contributed by atoms with Crippen LogP contribution >= 0.6 is 0 Å². The number of halogens is 2. The third kappa shape index (κ3) is 4.13. The van der Waals surface area contributed by atoms with Crippen molar-refractivity contribution in [3.05, 3.63) is 65.2 Å². The van der Waals surface area contributed by atoms with Crippen LogP contribution in [0.15, 0.2) is 47.4 Å². The first kappa shape index (κ1) is 17.5.